The van der Waals surface area contributed by atoms with Gasteiger partial charge in [0.25, 0.3) is 0 Å². The predicted molar refractivity (Wildman–Crippen MR) is 202 cm³/mol. The molecule has 1 unspecified atom stereocenters. The largest absolute Gasteiger partial charge is 0.353 e. The summed E-state index contributed by atoms with van der Waals surface area (Å²) in [6, 6.07) is 16.7. The summed E-state index contributed by atoms with van der Waals surface area (Å²) in [7, 11) is -7.94. The number of para-hydroxylation sites is 1. The molecule has 0 saturated heterocycles. The fourth-order valence-electron chi connectivity index (χ4n) is 6.08. The molecule has 0 spiro atoms. The van der Waals surface area contributed by atoms with Gasteiger partial charge in [-0.2, -0.15) is 4.39 Å². The van der Waals surface area contributed by atoms with E-state index in [9.17, 15) is 26.0 Å². The van der Waals surface area contributed by atoms with Gasteiger partial charge in [0.05, 0.1) is 16.0 Å². The standard InChI is InChI=1S/C37H49FN4O5S3/c1-3-4-5-6-7-8-9-10-11-12-13-17-23-37(49(2,44)45,35(43)40-25-26-50(46,47)42-31-18-15-14-16-19-31)36-41-32-21-20-29(27-33(32)48-36)30-22-24-39-34(38)28-30/h14-16,18-22,24,27-28,42H,3-13,17,23,25-26H2,1-2H3,(H,40,43). The van der Waals surface area contributed by atoms with Gasteiger partial charge in [-0.05, 0) is 47.9 Å². The number of nitrogens with zero attached hydrogens (tertiary/aromatic N) is 2. The van der Waals surface area contributed by atoms with Crippen molar-refractivity contribution in [2.24, 2.45) is 0 Å². The van der Waals surface area contributed by atoms with Crippen molar-refractivity contribution in [3.63, 3.8) is 0 Å². The van der Waals surface area contributed by atoms with E-state index in [1.54, 1.807) is 54.6 Å². The lowest BCUT2D eigenvalue weighted by Gasteiger charge is -2.29. The van der Waals surface area contributed by atoms with Gasteiger partial charge in [-0.1, -0.05) is 108 Å². The molecule has 4 rings (SSSR count). The number of hydrogen-bond donors (Lipinski definition) is 2. The summed E-state index contributed by atoms with van der Waals surface area (Å²) >= 11 is 1.11. The van der Waals surface area contributed by atoms with Crippen LogP contribution in [0, 0.1) is 5.95 Å². The van der Waals surface area contributed by atoms with Gasteiger partial charge in [-0.3, -0.25) is 9.52 Å². The van der Waals surface area contributed by atoms with Crippen molar-refractivity contribution in [1.82, 2.24) is 15.3 Å². The Kier molecular flexibility index (Phi) is 14.7. The first kappa shape index (κ1) is 39.4. The molecule has 4 aromatic rings. The van der Waals surface area contributed by atoms with E-state index in [-0.39, 0.29) is 18.0 Å². The average molecular weight is 745 g/mol. The highest BCUT2D eigenvalue weighted by atomic mass is 32.2. The minimum atomic E-state index is -4.11. The second-order valence-corrected chi connectivity index (χ2v) is 18.0. The molecule has 50 heavy (non-hydrogen) atoms. The zero-order chi connectivity index (χ0) is 36.0. The highest BCUT2D eigenvalue weighted by Gasteiger charge is 2.51. The molecule has 2 N–H and O–H groups in total. The van der Waals surface area contributed by atoms with E-state index in [1.165, 1.54) is 57.2 Å². The third-order valence-corrected chi connectivity index (χ3v) is 13.3. The number of amides is 1. The summed E-state index contributed by atoms with van der Waals surface area (Å²) in [4.78, 5) is 22.4. The van der Waals surface area contributed by atoms with E-state index in [2.05, 4.69) is 26.9 Å². The summed E-state index contributed by atoms with van der Waals surface area (Å²) in [6.07, 6.45) is 15.5. The lowest BCUT2D eigenvalue weighted by molar-refractivity contribution is -0.124. The molecule has 0 radical (unpaired) electrons. The van der Waals surface area contributed by atoms with Crippen molar-refractivity contribution in [3.8, 4) is 11.1 Å². The molecule has 0 aliphatic carbocycles. The number of carbonyl (C=O) groups is 1. The van der Waals surface area contributed by atoms with Crippen LogP contribution < -0.4 is 10.0 Å². The first-order chi connectivity index (χ1) is 23.9. The van der Waals surface area contributed by atoms with Crippen LogP contribution in [-0.4, -0.2) is 51.3 Å². The molecule has 0 aliphatic heterocycles. The molecule has 2 aromatic heterocycles. The maximum absolute atomic E-state index is 14.1. The van der Waals surface area contributed by atoms with Gasteiger partial charge in [0.1, 0.15) is 5.01 Å². The van der Waals surface area contributed by atoms with E-state index < -0.39 is 42.2 Å². The van der Waals surface area contributed by atoms with E-state index in [0.29, 0.717) is 33.5 Å². The fourth-order valence-corrected chi connectivity index (χ4v) is 10.0. The first-order valence-corrected chi connectivity index (χ1v) is 21.9. The number of rotatable bonds is 22. The minimum Gasteiger partial charge on any atom is -0.353 e. The quantitative estimate of drug-likeness (QED) is 0.0610. The van der Waals surface area contributed by atoms with Crippen molar-refractivity contribution < 1.29 is 26.0 Å². The van der Waals surface area contributed by atoms with Gasteiger partial charge < -0.3 is 5.32 Å². The summed E-state index contributed by atoms with van der Waals surface area (Å²) in [6.45, 7) is 1.92. The molecule has 0 aliphatic rings. The summed E-state index contributed by atoms with van der Waals surface area (Å²) < 4.78 is 68.0. The van der Waals surface area contributed by atoms with Gasteiger partial charge in [0, 0.05) is 30.8 Å². The van der Waals surface area contributed by atoms with Crippen LogP contribution in [0.5, 0.6) is 0 Å². The number of pyridine rings is 1. The molecule has 9 nitrogen and oxygen atoms in total. The smallest absolute Gasteiger partial charge is 0.248 e. The van der Waals surface area contributed by atoms with Crippen LogP contribution in [0.1, 0.15) is 95.4 Å². The van der Waals surface area contributed by atoms with Crippen LogP contribution in [0.4, 0.5) is 10.1 Å². The molecule has 0 saturated carbocycles. The van der Waals surface area contributed by atoms with Crippen LogP contribution in [0.25, 0.3) is 21.3 Å². The summed E-state index contributed by atoms with van der Waals surface area (Å²) in [5.41, 5.74) is 2.19. The Morgan fingerprint density at radius 1 is 0.820 bits per heavy atom. The lowest BCUT2D eigenvalue weighted by atomic mass is 9.98. The summed E-state index contributed by atoms with van der Waals surface area (Å²) in [5, 5.41) is 2.76. The number of hydrogen-bond acceptors (Lipinski definition) is 8. The zero-order valence-electron chi connectivity index (χ0n) is 29.0. The first-order valence-electron chi connectivity index (χ1n) is 17.5. The van der Waals surface area contributed by atoms with Crippen molar-refractivity contribution in [2.45, 2.75) is 95.1 Å². The molecule has 13 heteroatoms. The van der Waals surface area contributed by atoms with Crippen molar-refractivity contribution >= 4 is 53.0 Å². The van der Waals surface area contributed by atoms with Crippen LogP contribution in [-0.2, 0) is 29.4 Å². The molecule has 0 fully saturated rings. The predicted octanol–water partition coefficient (Wildman–Crippen LogP) is 8.39. The topological polar surface area (TPSA) is 135 Å². The van der Waals surface area contributed by atoms with E-state index >= 15 is 0 Å². The van der Waals surface area contributed by atoms with Gasteiger partial charge >= 0.3 is 0 Å². The SMILES string of the molecule is CCCCCCCCCCCCCCC(C(=O)NCCS(=O)(=O)Nc1ccccc1)(c1nc2ccc(-c3ccnc(F)c3)cc2s1)S(C)(=O)=O. The number of anilines is 1. The van der Waals surface area contributed by atoms with E-state index in [1.807, 2.05) is 0 Å². The van der Waals surface area contributed by atoms with E-state index in [4.69, 9.17) is 0 Å². The van der Waals surface area contributed by atoms with Crippen LogP contribution in [0.2, 0.25) is 0 Å². The molecule has 1 atom stereocenters. The van der Waals surface area contributed by atoms with E-state index in [0.717, 1.165) is 43.3 Å². The third-order valence-electron chi connectivity index (χ3n) is 8.88. The monoisotopic (exact) mass is 744 g/mol. The van der Waals surface area contributed by atoms with Crippen LogP contribution in [0.15, 0.2) is 66.9 Å². The number of fused-ring (bicyclic) bond motifs is 1. The highest BCUT2D eigenvalue weighted by molar-refractivity contribution is 7.93. The lowest BCUT2D eigenvalue weighted by Crippen LogP contribution is -2.50. The number of thiazole rings is 1. The van der Waals surface area contributed by atoms with Gasteiger partial charge in [0.2, 0.25) is 26.6 Å². The molecular weight excluding hydrogens is 696 g/mol. The number of nitrogens with one attached hydrogen (secondary N) is 2. The number of sulfonamides is 1. The van der Waals surface area contributed by atoms with Crippen molar-refractivity contribution in [2.75, 3.05) is 23.3 Å². The average Bonchev–Trinajstić information content (AvgIpc) is 3.50. The van der Waals surface area contributed by atoms with Crippen molar-refractivity contribution in [3.05, 3.63) is 77.8 Å². The van der Waals surface area contributed by atoms with Crippen LogP contribution >= 0.6 is 11.3 Å². The van der Waals surface area contributed by atoms with Crippen LogP contribution in [0.3, 0.4) is 0 Å². The number of unbranched alkanes of at least 4 members (excludes halogenated alkanes) is 11. The Morgan fingerprint density at radius 3 is 2.06 bits per heavy atom. The second-order valence-electron chi connectivity index (χ2n) is 12.8. The second kappa shape index (κ2) is 18.7. The zero-order valence-corrected chi connectivity index (χ0v) is 31.4. The maximum atomic E-state index is 14.1. The van der Waals surface area contributed by atoms with Gasteiger partial charge in [-0.25, -0.2) is 26.8 Å². The molecule has 0 bridgehead atoms. The number of halogens is 1. The number of carbonyl (C=O) groups excluding carboxylic acids is 1. The van der Waals surface area contributed by atoms with Gasteiger partial charge in [-0.15, -0.1) is 11.3 Å². The molecule has 2 heterocycles. The Morgan fingerprint density at radius 2 is 1.44 bits per heavy atom. The van der Waals surface area contributed by atoms with Gasteiger partial charge in [0.15, 0.2) is 9.84 Å². The molecular formula is C37H49FN4O5S3. The summed E-state index contributed by atoms with van der Waals surface area (Å²) in [5.74, 6) is -1.87. The fraction of sp³-hybridized carbons (Fsp3) is 0.486. The Hall–Kier alpha value is -3.42. The van der Waals surface area contributed by atoms with Crippen molar-refractivity contribution in [1.29, 1.82) is 0 Å². The Balaban J connectivity index is 1.51. The molecule has 2 aromatic carbocycles. The normalized spacial score (nSPS) is 13.3. The third kappa shape index (κ3) is 11.0. The highest BCUT2D eigenvalue weighted by Crippen LogP contribution is 2.41. The molecule has 1 amide bonds. The molecule has 272 valence electrons. The Labute approximate surface area is 300 Å². The number of benzene rings is 2. The Bertz CT molecular complexity index is 1900. The number of aromatic nitrogens is 2. The maximum Gasteiger partial charge on any atom is 0.248 e. The number of sulfone groups is 1. The minimum absolute atomic E-state index is 0.00631.